The Hall–Kier alpha value is -0.815. The summed E-state index contributed by atoms with van der Waals surface area (Å²) in [6.45, 7) is 0. The number of hydrogen-bond acceptors (Lipinski definition) is 4. The van der Waals surface area contributed by atoms with Gasteiger partial charge in [-0.25, -0.2) is 4.98 Å². The Morgan fingerprint density at radius 2 is 1.94 bits per heavy atom. The van der Waals surface area contributed by atoms with Gasteiger partial charge in [-0.2, -0.15) is 0 Å². The predicted molar refractivity (Wildman–Crippen MR) is 77.8 cm³/mol. The van der Waals surface area contributed by atoms with Gasteiger partial charge in [0.1, 0.15) is 5.03 Å². The molecule has 0 fully saturated rings. The molecular weight excluding hydrogens is 313 g/mol. The maximum absolute atomic E-state index is 9.28. The summed E-state index contributed by atoms with van der Waals surface area (Å²) in [4.78, 5) is 4.26. The molecule has 3 nitrogen and oxygen atoms in total. The van der Waals surface area contributed by atoms with E-state index in [9.17, 15) is 10.0 Å². The zero-order chi connectivity index (χ0) is 13.0. The number of thioether (sulfide) groups is 1. The van der Waals surface area contributed by atoms with Crippen LogP contribution in [0, 0.1) is 0 Å². The van der Waals surface area contributed by atoms with Crippen LogP contribution < -0.4 is 5.46 Å². The minimum Gasteiger partial charge on any atom is -0.423 e. The maximum Gasteiger partial charge on any atom is 0.488 e. The molecule has 0 atom stereocenters. The van der Waals surface area contributed by atoms with E-state index in [0.29, 0.717) is 11.2 Å². The first-order valence-corrected chi connectivity index (χ1v) is 7.13. The molecule has 2 rings (SSSR count). The van der Waals surface area contributed by atoms with E-state index in [2.05, 4.69) is 20.9 Å². The van der Waals surface area contributed by atoms with Crippen LogP contribution in [0.4, 0.5) is 0 Å². The standard InChI is InChI=1S/C12H11BBrNO2S/c14-11-6-3-7-15-12(11)18-8-9-4-1-2-5-10(9)13(16)17/h1-7,16-17H,8H2. The second kappa shape index (κ2) is 6.38. The molecule has 1 heterocycles. The normalized spacial score (nSPS) is 10.4. The minimum absolute atomic E-state index is 0.539. The van der Waals surface area contributed by atoms with Crippen molar-refractivity contribution < 1.29 is 10.0 Å². The molecule has 0 unspecified atom stereocenters. The molecule has 2 aromatic rings. The van der Waals surface area contributed by atoms with Crippen LogP contribution in [0.2, 0.25) is 0 Å². The lowest BCUT2D eigenvalue weighted by Gasteiger charge is -2.08. The van der Waals surface area contributed by atoms with Crippen molar-refractivity contribution in [2.45, 2.75) is 10.8 Å². The molecule has 2 N–H and O–H groups in total. The largest absolute Gasteiger partial charge is 0.488 e. The minimum atomic E-state index is -1.44. The molecule has 0 saturated carbocycles. The molecule has 0 aliphatic heterocycles. The van der Waals surface area contributed by atoms with Crippen molar-refractivity contribution >= 4 is 40.3 Å². The van der Waals surface area contributed by atoms with Crippen LogP contribution >= 0.6 is 27.7 Å². The Bertz CT molecular complexity index is 539. The Labute approximate surface area is 119 Å². The topological polar surface area (TPSA) is 53.4 Å². The van der Waals surface area contributed by atoms with Gasteiger partial charge >= 0.3 is 7.12 Å². The van der Waals surface area contributed by atoms with Crippen LogP contribution in [0.25, 0.3) is 0 Å². The van der Waals surface area contributed by atoms with E-state index in [-0.39, 0.29) is 0 Å². The highest BCUT2D eigenvalue weighted by atomic mass is 79.9. The molecule has 0 aliphatic rings. The lowest BCUT2D eigenvalue weighted by molar-refractivity contribution is 0.425. The van der Waals surface area contributed by atoms with E-state index >= 15 is 0 Å². The molecule has 0 saturated heterocycles. The van der Waals surface area contributed by atoms with Crippen LogP contribution in [0.1, 0.15) is 5.56 Å². The molecule has 1 aromatic heterocycles. The third-order valence-electron chi connectivity index (χ3n) is 2.42. The summed E-state index contributed by atoms with van der Waals surface area (Å²) in [5.41, 5.74) is 1.44. The monoisotopic (exact) mass is 323 g/mol. The van der Waals surface area contributed by atoms with Gasteiger partial charge in [-0.3, -0.25) is 0 Å². The summed E-state index contributed by atoms with van der Waals surface area (Å²) in [5.74, 6) is 0.642. The highest BCUT2D eigenvalue weighted by molar-refractivity contribution is 9.10. The van der Waals surface area contributed by atoms with Crippen molar-refractivity contribution in [2.75, 3.05) is 0 Å². The molecule has 6 heteroatoms. The fourth-order valence-electron chi connectivity index (χ4n) is 1.54. The number of nitrogens with zero attached hydrogens (tertiary/aromatic N) is 1. The zero-order valence-corrected chi connectivity index (χ0v) is 11.9. The Kier molecular flexibility index (Phi) is 4.83. The number of halogens is 1. The molecular formula is C12H11BBrNO2S. The van der Waals surface area contributed by atoms with E-state index in [1.54, 1.807) is 30.1 Å². The number of aromatic nitrogens is 1. The summed E-state index contributed by atoms with van der Waals surface area (Å²) in [7, 11) is -1.44. The third kappa shape index (κ3) is 3.35. The summed E-state index contributed by atoms with van der Waals surface area (Å²) < 4.78 is 0.942. The number of pyridine rings is 1. The van der Waals surface area contributed by atoms with Crippen molar-refractivity contribution in [1.82, 2.24) is 4.98 Å². The van der Waals surface area contributed by atoms with Gasteiger partial charge in [-0.05, 0) is 39.1 Å². The fourth-order valence-corrected chi connectivity index (χ4v) is 3.04. The summed E-state index contributed by atoms with van der Waals surface area (Å²) in [6.07, 6.45) is 1.74. The molecule has 0 aliphatic carbocycles. The highest BCUT2D eigenvalue weighted by Crippen LogP contribution is 2.27. The van der Waals surface area contributed by atoms with Gasteiger partial charge in [0.25, 0.3) is 0 Å². The van der Waals surface area contributed by atoms with Crippen molar-refractivity contribution in [3.63, 3.8) is 0 Å². The average molecular weight is 324 g/mol. The Morgan fingerprint density at radius 1 is 1.17 bits per heavy atom. The molecule has 0 bridgehead atoms. The smallest absolute Gasteiger partial charge is 0.423 e. The van der Waals surface area contributed by atoms with Gasteiger partial charge in [0.15, 0.2) is 0 Å². The van der Waals surface area contributed by atoms with E-state index in [1.165, 1.54) is 0 Å². The first-order chi connectivity index (χ1) is 8.68. The van der Waals surface area contributed by atoms with Crippen LogP contribution in [-0.2, 0) is 5.75 Å². The maximum atomic E-state index is 9.28. The zero-order valence-electron chi connectivity index (χ0n) is 9.45. The second-order valence-electron chi connectivity index (χ2n) is 3.65. The SMILES string of the molecule is OB(O)c1ccccc1CSc1ncccc1Br. The number of benzene rings is 1. The van der Waals surface area contributed by atoms with Gasteiger partial charge in [0.05, 0.1) is 0 Å². The van der Waals surface area contributed by atoms with Gasteiger partial charge in [-0.15, -0.1) is 11.8 Å². The van der Waals surface area contributed by atoms with Crippen LogP contribution in [0.5, 0.6) is 0 Å². The molecule has 92 valence electrons. The van der Waals surface area contributed by atoms with Crippen LogP contribution in [0.15, 0.2) is 52.1 Å². The van der Waals surface area contributed by atoms with E-state index < -0.39 is 7.12 Å². The summed E-state index contributed by atoms with van der Waals surface area (Å²) in [6, 6.07) is 11.1. The molecule has 0 spiro atoms. The van der Waals surface area contributed by atoms with E-state index in [1.807, 2.05) is 24.3 Å². The second-order valence-corrected chi connectivity index (χ2v) is 5.47. The average Bonchev–Trinajstić information content (AvgIpc) is 2.38. The van der Waals surface area contributed by atoms with Crippen LogP contribution in [0.3, 0.4) is 0 Å². The molecule has 1 aromatic carbocycles. The first-order valence-electron chi connectivity index (χ1n) is 5.35. The van der Waals surface area contributed by atoms with E-state index in [0.717, 1.165) is 15.1 Å². The quantitative estimate of drug-likeness (QED) is 0.665. The Balaban J connectivity index is 2.14. The van der Waals surface area contributed by atoms with Crippen LogP contribution in [-0.4, -0.2) is 22.2 Å². The van der Waals surface area contributed by atoms with Gasteiger partial charge in [0, 0.05) is 16.4 Å². The summed E-state index contributed by atoms with van der Waals surface area (Å²) in [5, 5.41) is 19.4. The predicted octanol–water partition coefficient (Wildman–Crippen LogP) is 1.82. The lowest BCUT2D eigenvalue weighted by atomic mass is 9.77. The molecule has 0 radical (unpaired) electrons. The van der Waals surface area contributed by atoms with Crippen molar-refractivity contribution in [2.24, 2.45) is 0 Å². The van der Waals surface area contributed by atoms with Gasteiger partial charge < -0.3 is 10.0 Å². The van der Waals surface area contributed by atoms with Crippen molar-refractivity contribution in [1.29, 1.82) is 0 Å². The van der Waals surface area contributed by atoms with Gasteiger partial charge in [-0.1, -0.05) is 24.3 Å². The lowest BCUT2D eigenvalue weighted by Crippen LogP contribution is -2.32. The number of hydrogen-bond donors (Lipinski definition) is 2. The highest BCUT2D eigenvalue weighted by Gasteiger charge is 2.15. The van der Waals surface area contributed by atoms with Crippen molar-refractivity contribution in [3.05, 3.63) is 52.6 Å². The van der Waals surface area contributed by atoms with Gasteiger partial charge in [0.2, 0.25) is 0 Å². The Morgan fingerprint density at radius 3 is 2.67 bits per heavy atom. The summed E-state index contributed by atoms with van der Waals surface area (Å²) >= 11 is 4.99. The molecule has 0 amide bonds. The van der Waals surface area contributed by atoms with Crippen molar-refractivity contribution in [3.8, 4) is 0 Å². The van der Waals surface area contributed by atoms with E-state index in [4.69, 9.17) is 0 Å². The number of rotatable bonds is 4. The fraction of sp³-hybridized carbons (Fsp3) is 0.0833. The molecule has 18 heavy (non-hydrogen) atoms. The third-order valence-corrected chi connectivity index (χ3v) is 4.38. The first kappa shape index (κ1) is 13.6.